The molecule has 2 nitrogen and oxygen atoms in total. The van der Waals surface area contributed by atoms with Gasteiger partial charge in [-0.05, 0) is 0 Å². The Morgan fingerprint density at radius 1 is 1.78 bits per heavy atom. The molecule has 1 atom stereocenters. The molecule has 9 heavy (non-hydrogen) atoms. The minimum absolute atomic E-state index is 0. The zero-order valence-corrected chi connectivity index (χ0v) is 10.8. The topological polar surface area (TPSA) is 26.3 Å². The van der Waals surface area contributed by atoms with E-state index in [-0.39, 0.29) is 35.9 Å². The van der Waals surface area contributed by atoms with E-state index in [1.54, 1.807) is 0 Å². The van der Waals surface area contributed by atoms with Gasteiger partial charge >= 0.3 is 58.8 Å². The van der Waals surface area contributed by atoms with Crippen LogP contribution in [0.2, 0.25) is 5.02 Å². The summed E-state index contributed by atoms with van der Waals surface area (Å²) in [4.78, 5) is 10.5. The van der Waals surface area contributed by atoms with Crippen LogP contribution in [0.5, 0.6) is 0 Å². The first kappa shape index (κ1) is 12.5. The molecule has 0 saturated heterocycles. The number of esters is 1. The molecule has 4 heteroatoms. The van der Waals surface area contributed by atoms with Gasteiger partial charge in [0.2, 0.25) is 0 Å². The molecule has 0 aliphatic carbocycles. The maximum Gasteiger partial charge on any atom is -1.00 e. The minimum atomic E-state index is -0.0868. The van der Waals surface area contributed by atoms with Crippen LogP contribution in [0.25, 0.3) is 0 Å². The van der Waals surface area contributed by atoms with E-state index < -0.39 is 0 Å². The summed E-state index contributed by atoms with van der Waals surface area (Å²) in [5, 5.41) is 0.979. The molecule has 50 valence electrons. The molecule has 0 saturated carbocycles. The van der Waals surface area contributed by atoms with Gasteiger partial charge in [-0.3, -0.25) is 0 Å². The molecule has 0 N–H and O–H groups in total. The molecule has 0 aliphatic heterocycles. The second-order valence-corrected chi connectivity index (χ2v) is 2.92. The number of carbonyl (C=O) groups excluding carboxylic acids is 1. The first-order valence-electron chi connectivity index (χ1n) is 2.59. The largest absolute Gasteiger partial charge is 1.00 e. The Hall–Kier alpha value is 0.823. The van der Waals surface area contributed by atoms with Crippen LogP contribution in [0.4, 0.5) is 0 Å². The van der Waals surface area contributed by atoms with E-state index in [2.05, 4.69) is 4.74 Å². The Bertz CT molecular complexity index is 87.0. The fraction of sp³-hybridized carbons (Fsp3) is 0.800. The molecule has 1 unspecified atom stereocenters. The normalized spacial score (nSPS) is 11.6. The summed E-state index contributed by atoms with van der Waals surface area (Å²) in [6, 6.07) is 0. The molecule has 0 spiro atoms. The van der Waals surface area contributed by atoms with Crippen molar-refractivity contribution in [2.45, 2.75) is 11.9 Å². The van der Waals surface area contributed by atoms with Crippen molar-refractivity contribution in [2.75, 3.05) is 7.11 Å². The van der Waals surface area contributed by atoms with Gasteiger partial charge in [-0.25, -0.2) is 0 Å². The van der Waals surface area contributed by atoms with E-state index in [1.165, 1.54) is 7.11 Å². The summed E-state index contributed by atoms with van der Waals surface area (Å²) in [6.45, 7) is 1.88. The summed E-state index contributed by atoms with van der Waals surface area (Å²) in [5.74, 6) is 0.0243. The van der Waals surface area contributed by atoms with Gasteiger partial charge in [-0.1, -0.05) is 0 Å². The monoisotopic (exact) mass is 292 g/mol. The molecule has 0 radical (unpaired) electrons. The first-order chi connectivity index (χ1) is 3.72. The second kappa shape index (κ2) is 6.94. The Morgan fingerprint density at radius 3 is 2.33 bits per heavy atom. The fourth-order valence-electron chi connectivity index (χ4n) is 0.319. The van der Waals surface area contributed by atoms with Gasteiger partial charge in [0.25, 0.3) is 0 Å². The van der Waals surface area contributed by atoms with E-state index in [4.69, 9.17) is 0 Å². The van der Waals surface area contributed by atoms with Gasteiger partial charge in [0.1, 0.15) is 0 Å². The summed E-state index contributed by atoms with van der Waals surface area (Å²) in [6.07, 6.45) is 0. The SMILES string of the molecule is COC(=O)C(C)[CH2][Zn+].[I-]. The van der Waals surface area contributed by atoms with E-state index in [0.29, 0.717) is 0 Å². The van der Waals surface area contributed by atoms with Crippen LogP contribution < -0.4 is 24.0 Å². The number of hydrogen-bond acceptors (Lipinski definition) is 2. The van der Waals surface area contributed by atoms with Crippen molar-refractivity contribution < 1.29 is 51.8 Å². The Kier molecular flexibility index (Phi) is 9.63. The predicted molar refractivity (Wildman–Crippen MR) is 26.0 cm³/mol. The van der Waals surface area contributed by atoms with E-state index >= 15 is 0 Å². The molecule has 0 aromatic carbocycles. The van der Waals surface area contributed by atoms with Crippen LogP contribution in [-0.4, -0.2) is 13.1 Å². The van der Waals surface area contributed by atoms with Crippen molar-refractivity contribution in [1.82, 2.24) is 0 Å². The smallest absolute Gasteiger partial charge is 1.00 e. The maximum absolute atomic E-state index is 10.5. The zero-order chi connectivity index (χ0) is 6.57. The maximum atomic E-state index is 10.5. The summed E-state index contributed by atoms with van der Waals surface area (Å²) >= 11 is 1.16. The van der Waals surface area contributed by atoms with Gasteiger partial charge in [-0.15, -0.1) is 0 Å². The Labute approximate surface area is 82.4 Å². The number of halogens is 1. The molecular formula is C5H9IO2Zn. The molecule has 0 aliphatic rings. The van der Waals surface area contributed by atoms with Gasteiger partial charge in [0, 0.05) is 0 Å². The van der Waals surface area contributed by atoms with Crippen LogP contribution in [0.15, 0.2) is 0 Å². The quantitative estimate of drug-likeness (QED) is 0.327. The van der Waals surface area contributed by atoms with Gasteiger partial charge in [-0.2, -0.15) is 0 Å². The molecule has 0 aromatic heterocycles. The Morgan fingerprint density at radius 2 is 2.22 bits per heavy atom. The average Bonchev–Trinajstić information content (AvgIpc) is 1.84. The van der Waals surface area contributed by atoms with E-state index in [9.17, 15) is 4.79 Å². The standard InChI is InChI=1S/C5H9O2.HI.Zn/c1-4(2)5(6)7-3;;/h4H,1H2,2-3H3;1H;/q;;+1/p-1. The number of ether oxygens (including phenoxy) is 1. The van der Waals surface area contributed by atoms with Crippen molar-refractivity contribution in [3.8, 4) is 0 Å². The van der Waals surface area contributed by atoms with Crippen LogP contribution in [0.3, 0.4) is 0 Å². The van der Waals surface area contributed by atoms with Gasteiger partial charge < -0.3 is 24.0 Å². The zero-order valence-electron chi connectivity index (χ0n) is 5.69. The molecule has 0 aromatic rings. The van der Waals surface area contributed by atoms with Gasteiger partial charge in [0.05, 0.1) is 0 Å². The van der Waals surface area contributed by atoms with E-state index in [0.717, 1.165) is 23.3 Å². The third-order valence-corrected chi connectivity index (χ3v) is 2.85. The van der Waals surface area contributed by atoms with Crippen LogP contribution in [0, 0.1) is 5.92 Å². The van der Waals surface area contributed by atoms with Crippen molar-refractivity contribution in [1.29, 1.82) is 0 Å². The number of hydrogen-bond donors (Lipinski definition) is 0. The third-order valence-electron chi connectivity index (χ3n) is 1.04. The molecule has 0 amide bonds. The number of carbonyl (C=O) groups is 1. The summed E-state index contributed by atoms with van der Waals surface area (Å²) in [5.41, 5.74) is 0. The fourth-order valence-corrected chi connectivity index (χ4v) is 0.814. The number of rotatable bonds is 2. The number of methoxy groups -OCH3 is 1. The molecular weight excluding hydrogens is 284 g/mol. The summed E-state index contributed by atoms with van der Waals surface area (Å²) < 4.78 is 4.48. The molecule has 0 bridgehead atoms. The predicted octanol–water partition coefficient (Wildman–Crippen LogP) is -2.24. The second-order valence-electron chi connectivity index (χ2n) is 1.71. The third kappa shape index (κ3) is 5.28. The molecule has 0 fully saturated rings. The van der Waals surface area contributed by atoms with Gasteiger partial charge in [0.15, 0.2) is 0 Å². The first-order valence-corrected chi connectivity index (χ1v) is 4.69. The average molecular weight is 293 g/mol. The van der Waals surface area contributed by atoms with Crippen LogP contribution >= 0.6 is 0 Å². The van der Waals surface area contributed by atoms with Crippen molar-refractivity contribution in [2.24, 2.45) is 5.92 Å². The molecule has 0 rings (SSSR count). The summed E-state index contributed by atoms with van der Waals surface area (Å²) in [7, 11) is 1.43. The van der Waals surface area contributed by atoms with Crippen LogP contribution in [0.1, 0.15) is 6.92 Å². The van der Waals surface area contributed by atoms with Crippen molar-refractivity contribution in [3.63, 3.8) is 0 Å². The van der Waals surface area contributed by atoms with Crippen LogP contribution in [-0.2, 0) is 27.8 Å². The Balaban J connectivity index is 0. The van der Waals surface area contributed by atoms with Crippen molar-refractivity contribution >= 4 is 5.97 Å². The molecule has 0 heterocycles. The minimum Gasteiger partial charge on any atom is -1.00 e. The van der Waals surface area contributed by atoms with Crippen molar-refractivity contribution in [3.05, 3.63) is 0 Å². The van der Waals surface area contributed by atoms with E-state index in [1.807, 2.05) is 6.92 Å².